The molecule has 0 saturated carbocycles. The van der Waals surface area contributed by atoms with Gasteiger partial charge in [0.25, 0.3) is 0 Å². The van der Waals surface area contributed by atoms with Gasteiger partial charge < -0.3 is 9.72 Å². The molecule has 0 radical (unpaired) electrons. The van der Waals surface area contributed by atoms with E-state index in [1.54, 1.807) is 12.3 Å². The molecule has 1 atom stereocenters. The number of aromatic nitrogens is 3. The zero-order chi connectivity index (χ0) is 18.3. The van der Waals surface area contributed by atoms with Crippen molar-refractivity contribution in [2.24, 2.45) is 0 Å². The summed E-state index contributed by atoms with van der Waals surface area (Å²) in [6.45, 7) is 5.92. The Labute approximate surface area is 165 Å². The summed E-state index contributed by atoms with van der Waals surface area (Å²) in [5.74, 6) is 0.584. The molecule has 3 heterocycles. The van der Waals surface area contributed by atoms with Gasteiger partial charge in [0, 0.05) is 59.5 Å². The number of rotatable bonds is 3. The van der Waals surface area contributed by atoms with Crippen LogP contribution in [0.2, 0.25) is 0 Å². The van der Waals surface area contributed by atoms with E-state index >= 15 is 0 Å². The molecule has 26 heavy (non-hydrogen) atoms. The molecule has 1 unspecified atom stereocenters. The summed E-state index contributed by atoms with van der Waals surface area (Å²) >= 11 is 2.33. The Morgan fingerprint density at radius 3 is 2.96 bits per heavy atom. The highest BCUT2D eigenvalue weighted by atomic mass is 127. The number of benzene rings is 1. The molecule has 0 bridgehead atoms. The number of fused-ring (bicyclic) bond motifs is 1. The molecule has 1 fully saturated rings. The minimum atomic E-state index is -0.232. The Bertz CT molecular complexity index is 1020. The predicted molar refractivity (Wildman–Crippen MR) is 108 cm³/mol. The Balaban J connectivity index is 1.68. The molecule has 1 aliphatic rings. The highest BCUT2D eigenvalue weighted by Gasteiger charge is 2.35. The van der Waals surface area contributed by atoms with Crippen LogP contribution < -0.4 is 4.74 Å². The van der Waals surface area contributed by atoms with Crippen LogP contribution >= 0.6 is 22.9 Å². The van der Waals surface area contributed by atoms with Crippen LogP contribution in [0.1, 0.15) is 24.6 Å². The number of nitrogens with one attached hydrogen (secondary N) is 1. The van der Waals surface area contributed by atoms with E-state index in [-0.39, 0.29) is 5.60 Å². The van der Waals surface area contributed by atoms with Gasteiger partial charge >= 0.3 is 0 Å². The van der Waals surface area contributed by atoms with Crippen molar-refractivity contribution < 1.29 is 4.74 Å². The Hall–Kier alpha value is -2.18. The first kappa shape index (κ1) is 17.2. The lowest BCUT2D eigenvalue weighted by Crippen LogP contribution is -2.34. The second-order valence-electron chi connectivity index (χ2n) is 6.83. The maximum atomic E-state index is 9.26. The van der Waals surface area contributed by atoms with Crippen molar-refractivity contribution >= 4 is 33.8 Å². The lowest BCUT2D eigenvalue weighted by Gasteiger charge is -2.25. The van der Waals surface area contributed by atoms with Gasteiger partial charge in [0.15, 0.2) is 0 Å². The molecule has 1 N–H and O–H groups in total. The first-order chi connectivity index (χ1) is 12.5. The third kappa shape index (κ3) is 3.04. The van der Waals surface area contributed by atoms with Gasteiger partial charge in [-0.25, -0.2) is 13.1 Å². The van der Waals surface area contributed by atoms with Gasteiger partial charge in [-0.05, 0) is 19.9 Å². The Morgan fingerprint density at radius 1 is 1.42 bits per heavy atom. The highest BCUT2D eigenvalue weighted by molar-refractivity contribution is 14.1. The SMILES string of the molecule is Cc1nc(-c2c[nH]c3c(C#N)cccc23)cnc1OC1(C)CCN(I)C1. The molecule has 132 valence electrons. The minimum absolute atomic E-state index is 0.232. The number of ether oxygens (including phenoxy) is 1. The normalized spacial score (nSPS) is 20.4. The van der Waals surface area contributed by atoms with Gasteiger partial charge in [-0.15, -0.1) is 0 Å². The monoisotopic (exact) mass is 459 g/mol. The molecule has 0 amide bonds. The zero-order valence-corrected chi connectivity index (χ0v) is 16.7. The largest absolute Gasteiger partial charge is 0.469 e. The first-order valence-electron chi connectivity index (χ1n) is 8.43. The number of nitriles is 1. The van der Waals surface area contributed by atoms with E-state index in [1.165, 1.54) is 0 Å². The second kappa shape index (κ2) is 6.52. The van der Waals surface area contributed by atoms with Crippen LogP contribution in [0, 0.1) is 18.3 Å². The van der Waals surface area contributed by atoms with E-state index in [0.717, 1.165) is 47.4 Å². The molecule has 6 nitrogen and oxygen atoms in total. The number of H-pyrrole nitrogens is 1. The van der Waals surface area contributed by atoms with Crippen LogP contribution in [0.25, 0.3) is 22.2 Å². The van der Waals surface area contributed by atoms with Gasteiger partial charge in [0.1, 0.15) is 17.4 Å². The average molecular weight is 459 g/mol. The molecular weight excluding hydrogens is 441 g/mol. The summed E-state index contributed by atoms with van der Waals surface area (Å²) < 4.78 is 8.42. The molecule has 1 aliphatic heterocycles. The zero-order valence-electron chi connectivity index (χ0n) is 14.6. The maximum absolute atomic E-state index is 9.26. The van der Waals surface area contributed by atoms with E-state index in [4.69, 9.17) is 9.72 Å². The number of hydrogen-bond acceptors (Lipinski definition) is 5. The lowest BCUT2D eigenvalue weighted by molar-refractivity contribution is 0.0989. The van der Waals surface area contributed by atoms with Gasteiger partial charge in [0.05, 0.1) is 23.0 Å². The van der Waals surface area contributed by atoms with Crippen LogP contribution in [-0.2, 0) is 0 Å². The quantitative estimate of drug-likeness (QED) is 0.474. The van der Waals surface area contributed by atoms with Crippen LogP contribution in [0.4, 0.5) is 0 Å². The van der Waals surface area contributed by atoms with Crippen LogP contribution in [0.3, 0.4) is 0 Å². The van der Waals surface area contributed by atoms with E-state index in [9.17, 15) is 5.26 Å². The van der Waals surface area contributed by atoms with Gasteiger partial charge in [0.2, 0.25) is 5.88 Å². The third-order valence-electron chi connectivity index (χ3n) is 4.75. The van der Waals surface area contributed by atoms with Crippen LogP contribution in [0.5, 0.6) is 5.88 Å². The van der Waals surface area contributed by atoms with Crippen molar-refractivity contribution in [2.45, 2.75) is 25.9 Å². The van der Waals surface area contributed by atoms with Gasteiger partial charge in [-0.2, -0.15) is 5.26 Å². The maximum Gasteiger partial charge on any atom is 0.235 e. The summed E-state index contributed by atoms with van der Waals surface area (Å²) in [7, 11) is 0. The summed E-state index contributed by atoms with van der Waals surface area (Å²) in [6.07, 6.45) is 4.59. The van der Waals surface area contributed by atoms with Gasteiger partial charge in [-0.1, -0.05) is 12.1 Å². The molecular formula is C19H18IN5O. The fourth-order valence-corrected chi connectivity index (χ4v) is 4.32. The van der Waals surface area contributed by atoms with Crippen molar-refractivity contribution in [1.82, 2.24) is 18.1 Å². The predicted octanol–water partition coefficient (Wildman–Crippen LogP) is 4.00. The number of para-hydroxylation sites is 1. The lowest BCUT2D eigenvalue weighted by atomic mass is 10.1. The smallest absolute Gasteiger partial charge is 0.235 e. The summed E-state index contributed by atoms with van der Waals surface area (Å²) in [4.78, 5) is 12.4. The molecule has 7 heteroatoms. The van der Waals surface area contributed by atoms with Crippen LogP contribution in [0.15, 0.2) is 30.6 Å². The van der Waals surface area contributed by atoms with Gasteiger partial charge in [-0.3, -0.25) is 0 Å². The number of halogens is 1. The van der Waals surface area contributed by atoms with E-state index < -0.39 is 0 Å². The third-order valence-corrected chi connectivity index (χ3v) is 5.57. The second-order valence-corrected chi connectivity index (χ2v) is 8.20. The van der Waals surface area contributed by atoms with Crippen molar-refractivity contribution in [2.75, 3.05) is 13.1 Å². The van der Waals surface area contributed by atoms with Crippen molar-refractivity contribution in [1.29, 1.82) is 5.26 Å². The first-order valence-corrected chi connectivity index (χ1v) is 9.39. The molecule has 4 rings (SSSR count). The molecule has 2 aromatic heterocycles. The molecule has 0 aliphatic carbocycles. The highest BCUT2D eigenvalue weighted by Crippen LogP contribution is 2.32. The number of hydrogen-bond donors (Lipinski definition) is 1. The average Bonchev–Trinajstić information content (AvgIpc) is 3.20. The fraction of sp³-hybridized carbons (Fsp3) is 0.316. The molecule has 1 aromatic carbocycles. The summed E-state index contributed by atoms with van der Waals surface area (Å²) in [6, 6.07) is 7.88. The Morgan fingerprint density at radius 2 is 2.27 bits per heavy atom. The van der Waals surface area contributed by atoms with Crippen molar-refractivity contribution in [3.05, 3.63) is 41.9 Å². The van der Waals surface area contributed by atoms with E-state index in [0.29, 0.717) is 11.4 Å². The fourth-order valence-electron chi connectivity index (χ4n) is 3.36. The van der Waals surface area contributed by atoms with Crippen LogP contribution in [-0.4, -0.2) is 36.8 Å². The van der Waals surface area contributed by atoms with Crippen molar-refractivity contribution in [3.8, 4) is 23.2 Å². The standard InChI is InChI=1S/C19H18IN5O/c1-12-18(26-19(2)6-7-25(20)11-19)23-10-16(24-12)15-9-22-17-13(8-21)4-3-5-14(15)17/h3-5,9-10,22H,6-7,11H2,1-2H3. The summed E-state index contributed by atoms with van der Waals surface area (Å²) in [5, 5.41) is 10.2. The number of nitrogens with zero attached hydrogens (tertiary/aromatic N) is 4. The number of aryl methyl sites for hydroxylation is 1. The minimum Gasteiger partial charge on any atom is -0.469 e. The molecule has 0 spiro atoms. The van der Waals surface area contributed by atoms with E-state index in [1.807, 2.05) is 25.3 Å². The Kier molecular flexibility index (Phi) is 4.32. The number of aromatic amines is 1. The molecule has 3 aromatic rings. The molecule has 1 saturated heterocycles. The van der Waals surface area contributed by atoms with Crippen molar-refractivity contribution in [3.63, 3.8) is 0 Å². The summed E-state index contributed by atoms with van der Waals surface area (Å²) in [5.41, 5.74) is 3.68. The van der Waals surface area contributed by atoms with E-state index in [2.05, 4.69) is 48.9 Å². The topological polar surface area (TPSA) is 77.8 Å².